The van der Waals surface area contributed by atoms with E-state index in [0.717, 1.165) is 37.8 Å². The van der Waals surface area contributed by atoms with Gasteiger partial charge in [-0.25, -0.2) is 0 Å². The lowest BCUT2D eigenvalue weighted by Crippen LogP contribution is -2.17. The van der Waals surface area contributed by atoms with Crippen molar-refractivity contribution in [2.75, 3.05) is 0 Å². The first-order valence-corrected chi connectivity index (χ1v) is 6.18. The highest BCUT2D eigenvalue weighted by Gasteiger charge is 2.32. The Morgan fingerprint density at radius 1 is 1.15 bits per heavy atom. The van der Waals surface area contributed by atoms with E-state index in [1.165, 1.54) is 0 Å². The summed E-state index contributed by atoms with van der Waals surface area (Å²) in [7, 11) is 0. The molecule has 1 amide bonds. The highest BCUT2D eigenvalue weighted by Crippen LogP contribution is 2.42. The Kier molecular flexibility index (Phi) is 3.64. The Balaban J connectivity index is 2.70. The number of primary amides is 1. The molecule has 1 aromatic rings. The SMILES string of the molecule is NC(=O)c1cc([N+](=O)[O-])cc([N+](=O)[O-])c1C1CCCC1. The fourth-order valence-electron chi connectivity index (χ4n) is 2.73. The van der Waals surface area contributed by atoms with Gasteiger partial charge in [-0.1, -0.05) is 12.8 Å². The van der Waals surface area contributed by atoms with Crippen molar-refractivity contribution in [1.82, 2.24) is 0 Å². The average molecular weight is 279 g/mol. The molecule has 0 saturated heterocycles. The molecule has 8 nitrogen and oxygen atoms in total. The predicted octanol–water partition coefficient (Wildman–Crippen LogP) is 2.26. The van der Waals surface area contributed by atoms with Gasteiger partial charge in [-0.05, 0) is 18.8 Å². The number of amides is 1. The van der Waals surface area contributed by atoms with Crippen molar-refractivity contribution < 1.29 is 14.6 Å². The molecule has 0 aliphatic heterocycles. The molecule has 2 rings (SSSR count). The molecular weight excluding hydrogens is 266 g/mol. The minimum atomic E-state index is -0.876. The van der Waals surface area contributed by atoms with Crippen LogP contribution in [0.2, 0.25) is 0 Å². The number of rotatable bonds is 4. The van der Waals surface area contributed by atoms with Gasteiger partial charge in [0, 0.05) is 11.6 Å². The molecule has 0 unspecified atom stereocenters. The Labute approximate surface area is 113 Å². The van der Waals surface area contributed by atoms with Gasteiger partial charge in [0.2, 0.25) is 5.91 Å². The topological polar surface area (TPSA) is 129 Å². The van der Waals surface area contributed by atoms with Gasteiger partial charge in [0.1, 0.15) is 0 Å². The second-order valence-electron chi connectivity index (χ2n) is 4.79. The van der Waals surface area contributed by atoms with E-state index in [2.05, 4.69) is 0 Å². The van der Waals surface area contributed by atoms with Crippen molar-refractivity contribution in [1.29, 1.82) is 0 Å². The second-order valence-corrected chi connectivity index (χ2v) is 4.79. The molecule has 0 atom stereocenters. The summed E-state index contributed by atoms with van der Waals surface area (Å²) in [5.41, 5.74) is 4.48. The van der Waals surface area contributed by atoms with E-state index in [1.807, 2.05) is 0 Å². The maximum Gasteiger partial charge on any atom is 0.280 e. The van der Waals surface area contributed by atoms with Gasteiger partial charge < -0.3 is 5.73 Å². The first-order valence-electron chi connectivity index (χ1n) is 6.18. The maximum atomic E-state index is 11.5. The number of carbonyl (C=O) groups is 1. The summed E-state index contributed by atoms with van der Waals surface area (Å²) in [6.45, 7) is 0. The van der Waals surface area contributed by atoms with Crippen LogP contribution in [0, 0.1) is 20.2 Å². The molecule has 2 N–H and O–H groups in total. The Morgan fingerprint density at radius 3 is 2.20 bits per heavy atom. The molecule has 1 fully saturated rings. The molecule has 8 heteroatoms. The van der Waals surface area contributed by atoms with Gasteiger partial charge >= 0.3 is 0 Å². The number of nitro benzene ring substituents is 2. The van der Waals surface area contributed by atoms with Crippen LogP contribution in [0.15, 0.2) is 12.1 Å². The van der Waals surface area contributed by atoms with Crippen LogP contribution in [0.5, 0.6) is 0 Å². The number of non-ortho nitro benzene ring substituents is 1. The van der Waals surface area contributed by atoms with Crippen molar-refractivity contribution in [2.45, 2.75) is 31.6 Å². The Bertz CT molecular complexity index is 558. The van der Waals surface area contributed by atoms with E-state index < -0.39 is 21.4 Å². The van der Waals surface area contributed by atoms with Gasteiger partial charge in [0.05, 0.1) is 21.5 Å². The fraction of sp³-hybridized carbons (Fsp3) is 0.417. The quantitative estimate of drug-likeness (QED) is 0.667. The largest absolute Gasteiger partial charge is 0.366 e. The lowest BCUT2D eigenvalue weighted by molar-refractivity contribution is -0.394. The normalized spacial score (nSPS) is 15.2. The lowest BCUT2D eigenvalue weighted by atomic mass is 9.90. The van der Waals surface area contributed by atoms with E-state index in [1.54, 1.807) is 0 Å². The molecule has 1 aromatic carbocycles. The van der Waals surface area contributed by atoms with Crippen LogP contribution in [0.3, 0.4) is 0 Å². The predicted molar refractivity (Wildman–Crippen MR) is 69.5 cm³/mol. The summed E-state index contributed by atoms with van der Waals surface area (Å²) in [4.78, 5) is 32.0. The van der Waals surface area contributed by atoms with Crippen molar-refractivity contribution in [3.63, 3.8) is 0 Å². The van der Waals surface area contributed by atoms with Crippen molar-refractivity contribution in [2.24, 2.45) is 5.73 Å². The summed E-state index contributed by atoms with van der Waals surface area (Å²) < 4.78 is 0. The number of hydrogen-bond acceptors (Lipinski definition) is 5. The molecule has 0 aromatic heterocycles. The van der Waals surface area contributed by atoms with Crippen LogP contribution in [-0.4, -0.2) is 15.8 Å². The van der Waals surface area contributed by atoms with E-state index in [4.69, 9.17) is 5.73 Å². The van der Waals surface area contributed by atoms with Crippen LogP contribution < -0.4 is 5.73 Å². The second kappa shape index (κ2) is 5.24. The molecule has 0 radical (unpaired) electrons. The molecule has 1 saturated carbocycles. The molecule has 106 valence electrons. The van der Waals surface area contributed by atoms with Crippen LogP contribution in [0.4, 0.5) is 11.4 Å². The molecule has 1 aliphatic carbocycles. The highest BCUT2D eigenvalue weighted by atomic mass is 16.6. The van der Waals surface area contributed by atoms with Gasteiger partial charge in [-0.15, -0.1) is 0 Å². The van der Waals surface area contributed by atoms with E-state index in [0.29, 0.717) is 0 Å². The van der Waals surface area contributed by atoms with Crippen molar-refractivity contribution >= 4 is 17.3 Å². The standard InChI is InChI=1S/C12H13N3O5/c13-12(16)9-5-8(14(17)18)6-10(15(19)20)11(9)7-3-1-2-4-7/h5-7H,1-4H2,(H2,13,16). The summed E-state index contributed by atoms with van der Waals surface area (Å²) in [6.07, 6.45) is 3.27. The zero-order valence-corrected chi connectivity index (χ0v) is 10.6. The molecule has 1 aliphatic rings. The van der Waals surface area contributed by atoms with Crippen molar-refractivity contribution in [3.8, 4) is 0 Å². The first-order chi connectivity index (χ1) is 9.41. The lowest BCUT2D eigenvalue weighted by Gasteiger charge is -2.13. The zero-order valence-electron chi connectivity index (χ0n) is 10.6. The maximum absolute atomic E-state index is 11.5. The molecule has 20 heavy (non-hydrogen) atoms. The first kappa shape index (κ1) is 13.9. The number of benzene rings is 1. The monoisotopic (exact) mass is 279 g/mol. The molecule has 0 spiro atoms. The van der Waals surface area contributed by atoms with Crippen LogP contribution in [-0.2, 0) is 0 Å². The van der Waals surface area contributed by atoms with Gasteiger partial charge in [0.25, 0.3) is 11.4 Å². The smallest absolute Gasteiger partial charge is 0.280 e. The van der Waals surface area contributed by atoms with Crippen molar-refractivity contribution in [3.05, 3.63) is 43.5 Å². The van der Waals surface area contributed by atoms with Crippen LogP contribution in [0.25, 0.3) is 0 Å². The minimum absolute atomic E-state index is 0.113. The minimum Gasteiger partial charge on any atom is -0.366 e. The van der Waals surface area contributed by atoms with E-state index in [9.17, 15) is 25.0 Å². The number of hydrogen-bond donors (Lipinski definition) is 1. The van der Waals surface area contributed by atoms with Crippen LogP contribution in [0.1, 0.15) is 47.5 Å². The molecule has 0 bridgehead atoms. The summed E-state index contributed by atoms with van der Waals surface area (Å²) in [5, 5.41) is 22.0. The van der Waals surface area contributed by atoms with E-state index >= 15 is 0 Å². The van der Waals surface area contributed by atoms with Gasteiger partial charge in [0.15, 0.2) is 0 Å². The number of nitrogens with zero attached hydrogens (tertiary/aromatic N) is 2. The number of nitro groups is 2. The summed E-state index contributed by atoms with van der Waals surface area (Å²) in [6, 6.07) is 1.93. The van der Waals surface area contributed by atoms with Gasteiger partial charge in [-0.2, -0.15) is 0 Å². The number of nitrogens with two attached hydrogens (primary N) is 1. The molecular formula is C12H13N3O5. The zero-order chi connectivity index (χ0) is 14.9. The van der Waals surface area contributed by atoms with E-state index in [-0.39, 0.29) is 22.7 Å². The third-order valence-electron chi connectivity index (χ3n) is 3.58. The third kappa shape index (κ3) is 2.44. The highest BCUT2D eigenvalue weighted by molar-refractivity contribution is 5.96. The number of carbonyl (C=O) groups excluding carboxylic acids is 1. The Morgan fingerprint density at radius 2 is 1.75 bits per heavy atom. The van der Waals surface area contributed by atoms with Crippen LogP contribution >= 0.6 is 0 Å². The summed E-state index contributed by atoms with van der Waals surface area (Å²) >= 11 is 0. The summed E-state index contributed by atoms with van der Waals surface area (Å²) in [5.74, 6) is -1.02. The Hall–Kier alpha value is -2.51. The fourth-order valence-corrected chi connectivity index (χ4v) is 2.73. The molecule has 0 heterocycles. The van der Waals surface area contributed by atoms with Gasteiger partial charge in [-0.3, -0.25) is 25.0 Å². The third-order valence-corrected chi connectivity index (χ3v) is 3.58. The average Bonchev–Trinajstić information content (AvgIpc) is 2.90.